The number of nitrogens with zero attached hydrogens (tertiary/aromatic N) is 4. The molecule has 0 aliphatic carbocycles. The highest BCUT2D eigenvalue weighted by Gasteiger charge is 2.01. The van der Waals surface area contributed by atoms with Crippen LogP contribution in [0, 0.1) is 23.7 Å². The van der Waals surface area contributed by atoms with Crippen molar-refractivity contribution in [3.05, 3.63) is 180 Å². The van der Waals surface area contributed by atoms with Gasteiger partial charge in [0.15, 0.2) is 0 Å². The third-order valence-corrected chi connectivity index (χ3v) is 12.7. The van der Waals surface area contributed by atoms with Crippen LogP contribution in [-0.4, -0.2) is 19.9 Å². The number of pyridine rings is 4. The van der Waals surface area contributed by atoms with E-state index in [0.717, 1.165) is 58.0 Å². The Balaban J connectivity index is 0.000000176. The van der Waals surface area contributed by atoms with E-state index in [-0.39, 0.29) is 0 Å². The van der Waals surface area contributed by atoms with E-state index in [9.17, 15) is 0 Å². The fourth-order valence-corrected chi connectivity index (χ4v) is 7.00. The van der Waals surface area contributed by atoms with Gasteiger partial charge in [0.1, 0.15) is 0 Å². The fraction of sp³-hybridized carbons (Fsp3) is 0. The van der Waals surface area contributed by atoms with Crippen LogP contribution in [0.4, 0.5) is 0 Å². The summed E-state index contributed by atoms with van der Waals surface area (Å²) in [5.74, 6) is 12.2. The third-order valence-electron chi connectivity index (χ3n) is 5.35. The first-order valence-electron chi connectivity index (χ1n) is 13.4. The van der Waals surface area contributed by atoms with Gasteiger partial charge in [0.25, 0.3) is 0 Å². The number of hydrogen-bond acceptors (Lipinski definition) is 4. The molecule has 2 aromatic carbocycles. The van der Waals surface area contributed by atoms with Gasteiger partial charge in [-0.3, -0.25) is 19.9 Å². The van der Waals surface area contributed by atoms with Crippen LogP contribution >= 0.6 is 127 Å². The molecule has 0 N–H and O–H groups in total. The van der Waals surface area contributed by atoms with E-state index in [1.54, 1.807) is 49.6 Å². The van der Waals surface area contributed by atoms with Crippen LogP contribution < -0.4 is 0 Å². The summed E-state index contributed by atoms with van der Waals surface area (Å²) in [7, 11) is 0. The molecule has 0 aliphatic rings. The lowest BCUT2D eigenvalue weighted by Gasteiger charge is -1.98. The van der Waals surface area contributed by atoms with Gasteiger partial charge in [-0.15, -0.1) is 0 Å². The van der Waals surface area contributed by atoms with Gasteiger partial charge in [-0.2, -0.15) is 0 Å². The molecule has 0 saturated heterocycles. The van der Waals surface area contributed by atoms with Crippen molar-refractivity contribution in [1.82, 2.24) is 19.9 Å². The minimum atomic E-state index is 0.969. The second-order valence-corrected chi connectivity index (χ2v) is 15.6. The molecule has 6 rings (SSSR count). The van der Waals surface area contributed by atoms with Crippen LogP contribution in [0.1, 0.15) is 22.3 Å². The Labute approximate surface area is 347 Å². The van der Waals surface area contributed by atoms with E-state index in [4.69, 9.17) is 0 Å². The van der Waals surface area contributed by atoms with E-state index in [1.165, 1.54) is 0 Å². The molecule has 0 atom stereocenters. The highest BCUT2D eigenvalue weighted by molar-refractivity contribution is 9.14. The van der Waals surface area contributed by atoms with Crippen molar-refractivity contribution in [1.29, 1.82) is 0 Å². The molecule has 4 heterocycles. The van der Waals surface area contributed by atoms with Crippen molar-refractivity contribution < 1.29 is 0 Å². The van der Waals surface area contributed by atoms with Gasteiger partial charge in [-0.1, -0.05) is 23.7 Å². The molecule has 0 spiro atoms. The molecule has 240 valence electrons. The summed E-state index contributed by atoms with van der Waals surface area (Å²) in [6.45, 7) is 0. The molecule has 4 nitrogen and oxygen atoms in total. The quantitative estimate of drug-likeness (QED) is 0.112. The Morgan fingerprint density at radius 1 is 0.271 bits per heavy atom. The van der Waals surface area contributed by atoms with Gasteiger partial charge in [-0.05, 0) is 200 Å². The zero-order chi connectivity index (χ0) is 34.7. The number of hydrogen-bond donors (Lipinski definition) is 0. The standard InChI is InChI=1S/2C12H8N2.2C6H2Br4/c2*1(11-3-7-13-8-4-11)2-12-5-9-14-10-6-12;2*7-3-1-4(8)6(10)2-5(3)9/h2*3-10H;2*1-2H. The van der Waals surface area contributed by atoms with Crippen molar-refractivity contribution >= 4 is 127 Å². The van der Waals surface area contributed by atoms with E-state index in [0.29, 0.717) is 0 Å². The lowest BCUT2D eigenvalue weighted by molar-refractivity contribution is 1.32. The number of halogens is 8. The zero-order valence-corrected chi connectivity index (χ0v) is 37.0. The second-order valence-electron chi connectivity index (χ2n) is 8.80. The van der Waals surface area contributed by atoms with Crippen LogP contribution in [0.5, 0.6) is 0 Å². The van der Waals surface area contributed by atoms with Crippen LogP contribution in [0.25, 0.3) is 0 Å². The largest absolute Gasteiger partial charge is 0.265 e. The molecule has 0 amide bonds. The maximum absolute atomic E-state index is 3.92. The fourth-order valence-electron chi connectivity index (χ4n) is 3.03. The number of aromatic nitrogens is 4. The molecule has 4 aromatic heterocycles. The number of rotatable bonds is 0. The van der Waals surface area contributed by atoms with Gasteiger partial charge in [-0.25, -0.2) is 0 Å². The Hall–Kier alpha value is -2.00. The second kappa shape index (κ2) is 22.7. The third kappa shape index (κ3) is 15.7. The van der Waals surface area contributed by atoms with Crippen molar-refractivity contribution in [2.45, 2.75) is 0 Å². The molecule has 0 bridgehead atoms. The zero-order valence-electron chi connectivity index (χ0n) is 24.4. The molecule has 0 aliphatic heterocycles. The van der Waals surface area contributed by atoms with E-state index >= 15 is 0 Å². The predicted octanol–water partition coefficient (Wildman–Crippen LogP) is 13.2. The first kappa shape index (κ1) is 40.4. The average Bonchev–Trinajstić information content (AvgIpc) is 3.11. The summed E-state index contributed by atoms with van der Waals surface area (Å²) < 4.78 is 8.35. The molecular formula is C36H20Br8N4. The minimum Gasteiger partial charge on any atom is -0.265 e. The van der Waals surface area contributed by atoms with E-state index in [2.05, 4.69) is 171 Å². The molecule has 6 aromatic rings. The minimum absolute atomic E-state index is 0.969. The van der Waals surface area contributed by atoms with E-state index in [1.807, 2.05) is 72.8 Å². The molecular weight excluding hydrogens is 1130 g/mol. The van der Waals surface area contributed by atoms with Crippen molar-refractivity contribution in [2.24, 2.45) is 0 Å². The molecule has 0 radical (unpaired) electrons. The first-order valence-corrected chi connectivity index (χ1v) is 19.7. The predicted molar refractivity (Wildman–Crippen MR) is 223 cm³/mol. The van der Waals surface area contributed by atoms with Crippen LogP contribution in [0.15, 0.2) is 158 Å². The summed E-state index contributed by atoms with van der Waals surface area (Å²) in [5.41, 5.74) is 3.88. The lowest BCUT2D eigenvalue weighted by Crippen LogP contribution is -1.76. The topological polar surface area (TPSA) is 51.6 Å². The Kier molecular flexibility index (Phi) is 19.1. The molecule has 0 saturated carbocycles. The van der Waals surface area contributed by atoms with Gasteiger partial charge >= 0.3 is 0 Å². The van der Waals surface area contributed by atoms with Gasteiger partial charge < -0.3 is 0 Å². The maximum Gasteiger partial charge on any atom is 0.0329 e. The van der Waals surface area contributed by atoms with Crippen LogP contribution in [-0.2, 0) is 0 Å². The summed E-state index contributed by atoms with van der Waals surface area (Å²) in [6, 6.07) is 23.0. The summed E-state index contributed by atoms with van der Waals surface area (Å²) in [4.78, 5) is 15.7. The Morgan fingerprint density at radius 3 is 0.562 bits per heavy atom. The first-order chi connectivity index (χ1) is 23.1. The van der Waals surface area contributed by atoms with Crippen LogP contribution in [0.2, 0.25) is 0 Å². The van der Waals surface area contributed by atoms with Gasteiger partial charge in [0, 0.05) is 108 Å². The maximum atomic E-state index is 3.92. The SMILES string of the molecule is Brc1cc(Br)c(Br)cc1Br.Brc1cc(Br)c(Br)cc1Br.C(#Cc1ccncc1)c1ccncc1.C(#Cc1ccncc1)c1ccncc1. The van der Waals surface area contributed by atoms with E-state index < -0.39 is 0 Å². The van der Waals surface area contributed by atoms with Gasteiger partial charge in [0.05, 0.1) is 0 Å². The van der Waals surface area contributed by atoms with Gasteiger partial charge in [0.2, 0.25) is 0 Å². The van der Waals surface area contributed by atoms with Crippen molar-refractivity contribution in [3.63, 3.8) is 0 Å². The molecule has 12 heteroatoms. The lowest BCUT2D eigenvalue weighted by atomic mass is 10.2. The Morgan fingerprint density at radius 2 is 0.417 bits per heavy atom. The van der Waals surface area contributed by atoms with Crippen molar-refractivity contribution in [3.8, 4) is 23.7 Å². The normalized spacial score (nSPS) is 9.33. The average molecular weight is 1150 g/mol. The summed E-state index contributed by atoms with van der Waals surface area (Å²) in [6.07, 6.45) is 13.9. The van der Waals surface area contributed by atoms with Crippen molar-refractivity contribution in [2.75, 3.05) is 0 Å². The van der Waals surface area contributed by atoms with Crippen LogP contribution in [0.3, 0.4) is 0 Å². The Bertz CT molecular complexity index is 1670. The molecule has 0 fully saturated rings. The highest BCUT2D eigenvalue weighted by Crippen LogP contribution is 2.33. The monoisotopic (exact) mass is 1140 g/mol. The molecule has 0 unspecified atom stereocenters. The summed E-state index contributed by atoms with van der Waals surface area (Å²) in [5, 5.41) is 0. The number of benzene rings is 2. The smallest absolute Gasteiger partial charge is 0.0329 e. The summed E-state index contributed by atoms with van der Waals surface area (Å²) >= 11 is 27.1. The molecule has 48 heavy (non-hydrogen) atoms. The highest BCUT2D eigenvalue weighted by atomic mass is 79.9.